The molecule has 4 rings (SSSR count). The quantitative estimate of drug-likeness (QED) is 0.311. The maximum atomic E-state index is 3.66. The van der Waals surface area contributed by atoms with Crippen molar-refractivity contribution in [1.29, 1.82) is 0 Å². The van der Waals surface area contributed by atoms with Gasteiger partial charge < -0.3 is 0 Å². The predicted molar refractivity (Wildman–Crippen MR) is 102 cm³/mol. The van der Waals surface area contributed by atoms with Crippen molar-refractivity contribution >= 4 is 53.4 Å². The lowest BCUT2D eigenvalue weighted by Gasteiger charge is -2.12. The van der Waals surface area contributed by atoms with Crippen LogP contribution in [-0.2, 0) is 0 Å². The van der Waals surface area contributed by atoms with Crippen molar-refractivity contribution < 1.29 is 0 Å². The topological polar surface area (TPSA) is 0 Å². The van der Waals surface area contributed by atoms with Gasteiger partial charge in [0.05, 0.1) is 0 Å². The van der Waals surface area contributed by atoms with E-state index in [9.17, 15) is 0 Å². The van der Waals surface area contributed by atoms with Gasteiger partial charge in [-0.1, -0.05) is 92.5 Å². The third-order valence-corrected chi connectivity index (χ3v) is 5.41. The molecule has 0 N–H and O–H groups in total. The third-order valence-electron chi connectivity index (χ3n) is 4.03. The highest BCUT2D eigenvalue weighted by atomic mass is 79.9. The summed E-state index contributed by atoms with van der Waals surface area (Å²) >= 11 is 7.31. The largest absolute Gasteiger partial charge is 0.0616 e. The molecule has 4 aromatic carbocycles. The van der Waals surface area contributed by atoms with E-state index < -0.39 is 0 Å². The zero-order chi connectivity index (χ0) is 15.1. The molecule has 0 aliphatic heterocycles. The highest BCUT2D eigenvalue weighted by Gasteiger charge is 2.10. The first-order chi connectivity index (χ1) is 10.8. The number of hydrogen-bond acceptors (Lipinski definition) is 0. The van der Waals surface area contributed by atoms with E-state index in [1.165, 1.54) is 32.7 Å². The first-order valence-corrected chi connectivity index (χ1v) is 8.69. The second-order valence-electron chi connectivity index (χ2n) is 5.28. The van der Waals surface area contributed by atoms with E-state index in [1.54, 1.807) is 0 Å². The maximum Gasteiger partial charge on any atom is 0.0254 e. The van der Waals surface area contributed by atoms with Crippen LogP contribution in [0.3, 0.4) is 0 Å². The van der Waals surface area contributed by atoms with Gasteiger partial charge >= 0.3 is 0 Å². The second-order valence-corrected chi connectivity index (χ2v) is 6.99. The van der Waals surface area contributed by atoms with Crippen LogP contribution in [0.5, 0.6) is 0 Å². The Labute approximate surface area is 146 Å². The summed E-state index contributed by atoms with van der Waals surface area (Å²) in [4.78, 5) is 0. The number of hydrogen-bond donors (Lipinski definition) is 0. The fourth-order valence-electron chi connectivity index (χ4n) is 2.99. The van der Waals surface area contributed by atoms with Crippen LogP contribution in [0, 0.1) is 0 Å². The summed E-state index contributed by atoms with van der Waals surface area (Å²) in [5.41, 5.74) is 2.53. The number of benzene rings is 4. The Kier molecular flexibility index (Phi) is 3.51. The van der Waals surface area contributed by atoms with Crippen molar-refractivity contribution in [3.8, 4) is 11.1 Å². The van der Waals surface area contributed by atoms with E-state index in [-0.39, 0.29) is 0 Å². The van der Waals surface area contributed by atoms with Gasteiger partial charge in [-0.3, -0.25) is 0 Å². The highest BCUT2D eigenvalue weighted by Crippen LogP contribution is 2.38. The van der Waals surface area contributed by atoms with Crippen molar-refractivity contribution in [2.75, 3.05) is 0 Å². The number of fused-ring (bicyclic) bond motifs is 2. The highest BCUT2D eigenvalue weighted by molar-refractivity contribution is 9.11. The van der Waals surface area contributed by atoms with Crippen molar-refractivity contribution in [2.45, 2.75) is 0 Å². The van der Waals surface area contributed by atoms with Crippen molar-refractivity contribution in [2.24, 2.45) is 0 Å². The second kappa shape index (κ2) is 5.53. The predicted octanol–water partition coefficient (Wildman–Crippen LogP) is 7.19. The summed E-state index contributed by atoms with van der Waals surface area (Å²) in [5, 5.41) is 5.02. The van der Waals surface area contributed by atoms with Gasteiger partial charge in [0.2, 0.25) is 0 Å². The fraction of sp³-hybridized carbons (Fsp3) is 0. The van der Waals surface area contributed by atoms with Crippen molar-refractivity contribution in [3.63, 3.8) is 0 Å². The molecule has 0 aliphatic rings. The van der Waals surface area contributed by atoms with Gasteiger partial charge in [0.15, 0.2) is 0 Å². The molecule has 0 nitrogen and oxygen atoms in total. The van der Waals surface area contributed by atoms with E-state index in [0.29, 0.717) is 0 Å². The summed E-state index contributed by atoms with van der Waals surface area (Å²) < 4.78 is 2.27. The molecular formula is C20H12Br2. The minimum absolute atomic E-state index is 1.13. The number of halogens is 2. The number of rotatable bonds is 1. The third kappa shape index (κ3) is 2.18. The molecular weight excluding hydrogens is 400 g/mol. The first-order valence-electron chi connectivity index (χ1n) is 7.10. The average Bonchev–Trinajstić information content (AvgIpc) is 2.57. The zero-order valence-corrected chi connectivity index (χ0v) is 14.9. The smallest absolute Gasteiger partial charge is 0.0254 e. The lowest BCUT2D eigenvalue weighted by atomic mass is 9.94. The van der Waals surface area contributed by atoms with Crippen LogP contribution in [0.1, 0.15) is 0 Å². The van der Waals surface area contributed by atoms with E-state index >= 15 is 0 Å². The molecule has 0 saturated carbocycles. The van der Waals surface area contributed by atoms with Gasteiger partial charge in [-0.15, -0.1) is 0 Å². The van der Waals surface area contributed by atoms with E-state index in [2.05, 4.69) is 105 Å². The van der Waals surface area contributed by atoms with Crippen LogP contribution < -0.4 is 0 Å². The molecule has 0 atom stereocenters. The van der Waals surface area contributed by atoms with E-state index in [0.717, 1.165) is 8.95 Å². The van der Waals surface area contributed by atoms with Crippen molar-refractivity contribution in [1.82, 2.24) is 0 Å². The lowest BCUT2D eigenvalue weighted by molar-refractivity contribution is 1.65. The lowest BCUT2D eigenvalue weighted by Crippen LogP contribution is -1.85. The molecule has 0 bridgehead atoms. The molecule has 0 unspecified atom stereocenters. The molecule has 0 radical (unpaired) electrons. The molecule has 0 aromatic heterocycles. The summed E-state index contributed by atoms with van der Waals surface area (Å²) in [5.74, 6) is 0. The Hall–Kier alpha value is -1.64. The van der Waals surface area contributed by atoms with Gasteiger partial charge in [0.25, 0.3) is 0 Å². The van der Waals surface area contributed by atoms with E-state index in [4.69, 9.17) is 0 Å². The van der Waals surface area contributed by atoms with Crippen molar-refractivity contribution in [3.05, 3.63) is 81.7 Å². The van der Waals surface area contributed by atoms with Crippen LogP contribution in [0.15, 0.2) is 81.7 Å². The minimum atomic E-state index is 1.13. The summed E-state index contributed by atoms with van der Waals surface area (Å²) in [6.45, 7) is 0. The summed E-state index contributed by atoms with van der Waals surface area (Å²) in [7, 11) is 0. The van der Waals surface area contributed by atoms with Crippen LogP contribution in [0.2, 0.25) is 0 Å². The van der Waals surface area contributed by atoms with Gasteiger partial charge in [-0.25, -0.2) is 0 Å². The Morgan fingerprint density at radius 3 is 1.18 bits per heavy atom. The molecule has 0 spiro atoms. The molecule has 0 fully saturated rings. The molecule has 4 aromatic rings. The standard InChI is InChI=1S/C20H12Br2/c21-19-11-9-15(13-5-1-3-7-17(13)19)16-10-12-20(22)18-8-4-2-6-14(16)18/h1-12H. The van der Waals surface area contributed by atoms with Gasteiger partial charge in [-0.05, 0) is 44.8 Å². The monoisotopic (exact) mass is 410 g/mol. The Morgan fingerprint density at radius 1 is 0.409 bits per heavy atom. The zero-order valence-electron chi connectivity index (χ0n) is 11.7. The van der Waals surface area contributed by atoms with Gasteiger partial charge in [0.1, 0.15) is 0 Å². The molecule has 0 aliphatic carbocycles. The van der Waals surface area contributed by atoms with E-state index in [1.807, 2.05) is 0 Å². The molecule has 106 valence electrons. The van der Waals surface area contributed by atoms with Crippen LogP contribution in [0.25, 0.3) is 32.7 Å². The molecule has 22 heavy (non-hydrogen) atoms. The molecule has 0 amide bonds. The van der Waals surface area contributed by atoms with Crippen LogP contribution in [-0.4, -0.2) is 0 Å². The maximum absolute atomic E-state index is 3.66. The minimum Gasteiger partial charge on any atom is -0.0616 e. The normalized spacial score (nSPS) is 11.2. The Morgan fingerprint density at radius 2 is 0.773 bits per heavy atom. The van der Waals surface area contributed by atoms with Crippen LogP contribution >= 0.6 is 31.9 Å². The summed E-state index contributed by atoms with van der Waals surface area (Å²) in [6.07, 6.45) is 0. The molecule has 0 saturated heterocycles. The fourth-order valence-corrected chi connectivity index (χ4v) is 3.95. The van der Waals surface area contributed by atoms with Gasteiger partial charge in [-0.2, -0.15) is 0 Å². The SMILES string of the molecule is Brc1ccc(-c2ccc(Br)c3ccccc23)c2ccccc12. The first kappa shape index (κ1) is 14.0. The Balaban J connectivity index is 2.13. The summed E-state index contributed by atoms with van der Waals surface area (Å²) in [6, 6.07) is 25.7. The average molecular weight is 412 g/mol. The Bertz CT molecular complexity index is 920. The van der Waals surface area contributed by atoms with Crippen LogP contribution in [0.4, 0.5) is 0 Å². The molecule has 2 heteroatoms. The van der Waals surface area contributed by atoms with Gasteiger partial charge in [0, 0.05) is 8.95 Å². The molecule has 0 heterocycles.